The fourth-order valence-electron chi connectivity index (χ4n) is 1.58. The van der Waals surface area contributed by atoms with Gasteiger partial charge in [0.15, 0.2) is 0 Å². The van der Waals surface area contributed by atoms with Crippen molar-refractivity contribution in [2.45, 2.75) is 6.92 Å². The van der Waals surface area contributed by atoms with Crippen LogP contribution in [0.3, 0.4) is 0 Å². The molecule has 0 fully saturated rings. The van der Waals surface area contributed by atoms with Crippen molar-refractivity contribution in [2.24, 2.45) is 0 Å². The van der Waals surface area contributed by atoms with E-state index >= 15 is 0 Å². The quantitative estimate of drug-likeness (QED) is 0.851. The molecule has 5 heteroatoms. The molecule has 0 spiro atoms. The number of nitrogens with zero attached hydrogens (tertiary/aromatic N) is 1. The lowest BCUT2D eigenvalue weighted by atomic mass is 10.2. The topological polar surface area (TPSA) is 34.1 Å². The highest BCUT2D eigenvalue weighted by atomic mass is 79.9. The normalized spacial score (nSPS) is 10.2. The third kappa shape index (κ3) is 3.03. The number of anilines is 2. The highest BCUT2D eigenvalue weighted by Gasteiger charge is 2.07. The highest BCUT2D eigenvalue weighted by molar-refractivity contribution is 9.10. The van der Waals surface area contributed by atoms with Crippen LogP contribution in [-0.2, 0) is 0 Å². The maximum atomic E-state index is 5.32. The third-order valence-corrected chi connectivity index (χ3v) is 3.39. The number of methoxy groups -OCH3 is 1. The molecule has 0 bridgehead atoms. The van der Waals surface area contributed by atoms with Gasteiger partial charge in [-0.1, -0.05) is 15.9 Å². The largest absolute Gasteiger partial charge is 0.495 e. The zero-order valence-electron chi connectivity index (χ0n) is 10.00. The van der Waals surface area contributed by atoms with Gasteiger partial charge in [0.25, 0.3) is 0 Å². The van der Waals surface area contributed by atoms with Crippen LogP contribution in [0.5, 0.6) is 5.75 Å². The molecule has 1 aromatic carbocycles. The Hall–Kier alpha value is -1.07. The molecule has 0 atom stereocenters. The van der Waals surface area contributed by atoms with Crippen molar-refractivity contribution in [3.63, 3.8) is 0 Å². The molecule has 0 saturated heterocycles. The molecule has 18 heavy (non-hydrogen) atoms. The Morgan fingerprint density at radius 3 is 2.61 bits per heavy atom. The highest BCUT2D eigenvalue weighted by Crippen LogP contribution is 2.31. The average Bonchev–Trinajstić information content (AvgIpc) is 2.33. The van der Waals surface area contributed by atoms with Crippen LogP contribution in [-0.4, -0.2) is 12.1 Å². The molecular formula is C13H12Br2N2O. The molecule has 2 rings (SSSR count). The van der Waals surface area contributed by atoms with E-state index in [-0.39, 0.29) is 0 Å². The van der Waals surface area contributed by atoms with E-state index in [9.17, 15) is 0 Å². The van der Waals surface area contributed by atoms with Crippen molar-refractivity contribution in [1.82, 2.24) is 4.98 Å². The van der Waals surface area contributed by atoms with Crippen LogP contribution in [0.4, 0.5) is 11.5 Å². The van der Waals surface area contributed by atoms with Crippen molar-refractivity contribution in [1.29, 1.82) is 0 Å². The van der Waals surface area contributed by atoms with E-state index in [0.29, 0.717) is 0 Å². The van der Waals surface area contributed by atoms with Gasteiger partial charge in [-0.05, 0) is 52.7 Å². The standard InChI is InChI=1S/C13H12Br2N2O/c1-8-5-10(15)7-16-13(8)17-11-6-9(14)3-4-12(11)18-2/h3-7H,1-2H3,(H,16,17). The molecule has 1 N–H and O–H groups in total. The molecule has 0 aliphatic rings. The number of rotatable bonds is 3. The molecule has 1 heterocycles. The summed E-state index contributed by atoms with van der Waals surface area (Å²) in [5.74, 6) is 1.59. The minimum atomic E-state index is 0.780. The lowest BCUT2D eigenvalue weighted by Crippen LogP contribution is -1.98. The number of ether oxygens (including phenoxy) is 1. The summed E-state index contributed by atoms with van der Waals surface area (Å²) in [6.45, 7) is 2.00. The maximum absolute atomic E-state index is 5.32. The van der Waals surface area contributed by atoms with Gasteiger partial charge in [0.1, 0.15) is 11.6 Å². The first kappa shape index (κ1) is 13.4. The van der Waals surface area contributed by atoms with E-state index in [1.807, 2.05) is 31.2 Å². The van der Waals surface area contributed by atoms with E-state index in [0.717, 1.165) is 31.8 Å². The number of benzene rings is 1. The van der Waals surface area contributed by atoms with Crippen molar-refractivity contribution in [3.05, 3.63) is 45.0 Å². The van der Waals surface area contributed by atoms with Crippen LogP contribution < -0.4 is 10.1 Å². The number of hydrogen-bond donors (Lipinski definition) is 1. The number of pyridine rings is 1. The summed E-state index contributed by atoms with van der Waals surface area (Å²) in [6, 6.07) is 7.81. The zero-order valence-corrected chi connectivity index (χ0v) is 13.2. The van der Waals surface area contributed by atoms with Gasteiger partial charge in [-0.25, -0.2) is 4.98 Å². The van der Waals surface area contributed by atoms with Crippen LogP contribution >= 0.6 is 31.9 Å². The van der Waals surface area contributed by atoms with Crippen LogP contribution in [0, 0.1) is 6.92 Å². The lowest BCUT2D eigenvalue weighted by molar-refractivity contribution is 0.416. The average molecular weight is 372 g/mol. The Bertz CT molecular complexity index is 573. The third-order valence-electron chi connectivity index (χ3n) is 2.46. The second-order valence-electron chi connectivity index (χ2n) is 3.79. The van der Waals surface area contributed by atoms with Crippen molar-refractivity contribution >= 4 is 43.4 Å². The Morgan fingerprint density at radius 2 is 1.94 bits per heavy atom. The van der Waals surface area contributed by atoms with Crippen molar-refractivity contribution in [2.75, 3.05) is 12.4 Å². The summed E-state index contributed by atoms with van der Waals surface area (Å²) in [6.07, 6.45) is 1.76. The van der Waals surface area contributed by atoms with Crippen LogP contribution in [0.25, 0.3) is 0 Å². The van der Waals surface area contributed by atoms with E-state index in [2.05, 4.69) is 42.2 Å². The Labute approximate surface area is 123 Å². The summed E-state index contributed by atoms with van der Waals surface area (Å²) < 4.78 is 7.27. The molecule has 0 unspecified atom stereocenters. The van der Waals surface area contributed by atoms with E-state index in [4.69, 9.17) is 4.74 Å². The Morgan fingerprint density at radius 1 is 1.17 bits per heavy atom. The van der Waals surface area contributed by atoms with Gasteiger partial charge in [0.05, 0.1) is 12.8 Å². The van der Waals surface area contributed by atoms with Crippen LogP contribution in [0.15, 0.2) is 39.4 Å². The van der Waals surface area contributed by atoms with Crippen molar-refractivity contribution < 1.29 is 4.74 Å². The molecule has 1 aromatic heterocycles. The minimum absolute atomic E-state index is 0.780. The number of aromatic nitrogens is 1. The maximum Gasteiger partial charge on any atom is 0.142 e. The number of nitrogens with one attached hydrogen (secondary N) is 1. The van der Waals surface area contributed by atoms with Gasteiger partial charge in [-0.2, -0.15) is 0 Å². The number of hydrogen-bond acceptors (Lipinski definition) is 3. The predicted molar refractivity (Wildman–Crippen MR) is 80.7 cm³/mol. The van der Waals surface area contributed by atoms with Crippen molar-refractivity contribution in [3.8, 4) is 5.75 Å². The second kappa shape index (κ2) is 5.71. The molecule has 0 radical (unpaired) electrons. The van der Waals surface area contributed by atoms with E-state index in [1.165, 1.54) is 0 Å². The summed E-state index contributed by atoms with van der Waals surface area (Å²) >= 11 is 6.84. The van der Waals surface area contributed by atoms with Gasteiger partial charge in [-0.3, -0.25) is 0 Å². The first-order chi connectivity index (χ1) is 8.60. The molecule has 2 aromatic rings. The fraction of sp³-hybridized carbons (Fsp3) is 0.154. The smallest absolute Gasteiger partial charge is 0.142 e. The summed E-state index contributed by atoms with van der Waals surface area (Å²) in [5, 5.41) is 3.27. The summed E-state index contributed by atoms with van der Waals surface area (Å²) in [4.78, 5) is 4.35. The first-order valence-electron chi connectivity index (χ1n) is 5.33. The Balaban J connectivity index is 2.36. The van der Waals surface area contributed by atoms with Gasteiger partial charge in [-0.15, -0.1) is 0 Å². The van der Waals surface area contributed by atoms with Crippen LogP contribution in [0.2, 0.25) is 0 Å². The predicted octanol–water partition coefficient (Wildman–Crippen LogP) is 4.67. The SMILES string of the molecule is COc1ccc(Br)cc1Nc1ncc(Br)cc1C. The molecular weight excluding hydrogens is 360 g/mol. The fourth-order valence-corrected chi connectivity index (χ4v) is 2.38. The molecule has 0 aliphatic heterocycles. The monoisotopic (exact) mass is 370 g/mol. The van der Waals surface area contributed by atoms with Crippen LogP contribution in [0.1, 0.15) is 5.56 Å². The van der Waals surface area contributed by atoms with Gasteiger partial charge >= 0.3 is 0 Å². The number of halogens is 2. The second-order valence-corrected chi connectivity index (χ2v) is 5.62. The molecule has 94 valence electrons. The van der Waals surface area contributed by atoms with Gasteiger partial charge < -0.3 is 10.1 Å². The minimum Gasteiger partial charge on any atom is -0.495 e. The van der Waals surface area contributed by atoms with Gasteiger partial charge in [0.2, 0.25) is 0 Å². The first-order valence-corrected chi connectivity index (χ1v) is 6.91. The van der Waals surface area contributed by atoms with E-state index < -0.39 is 0 Å². The number of aryl methyl sites for hydroxylation is 1. The molecule has 0 aliphatic carbocycles. The zero-order chi connectivity index (χ0) is 13.1. The summed E-state index contributed by atoms with van der Waals surface area (Å²) in [7, 11) is 1.65. The van der Waals surface area contributed by atoms with Gasteiger partial charge in [0, 0.05) is 15.1 Å². The Kier molecular flexibility index (Phi) is 4.24. The molecule has 0 saturated carbocycles. The lowest BCUT2D eigenvalue weighted by Gasteiger charge is -2.12. The summed E-state index contributed by atoms with van der Waals surface area (Å²) in [5.41, 5.74) is 1.94. The molecule has 0 amide bonds. The molecule has 3 nitrogen and oxygen atoms in total. The van der Waals surface area contributed by atoms with E-state index in [1.54, 1.807) is 13.3 Å².